The van der Waals surface area contributed by atoms with Crippen LogP contribution in [0.1, 0.15) is 10.6 Å². The number of nitrogens with zero attached hydrogens (tertiary/aromatic N) is 1. The van der Waals surface area contributed by atoms with E-state index in [1.54, 1.807) is 17.4 Å². The molecule has 0 aliphatic rings. The van der Waals surface area contributed by atoms with Crippen LogP contribution in [0.5, 0.6) is 0 Å². The lowest BCUT2D eigenvalue weighted by Crippen LogP contribution is -2.30. The molecule has 5 heteroatoms. The van der Waals surface area contributed by atoms with E-state index in [4.69, 9.17) is 10.0 Å². The summed E-state index contributed by atoms with van der Waals surface area (Å²) in [4.78, 5) is 4.29. The van der Waals surface area contributed by atoms with Gasteiger partial charge in [-0.15, -0.1) is 11.3 Å². The lowest BCUT2D eigenvalue weighted by atomic mass is 9.79. The Labute approximate surface area is 86.2 Å². The molecule has 1 heterocycles. The number of fused-ring (bicyclic) bond motifs is 1. The number of aryl methyl sites for hydroxylation is 2. The molecule has 2 aromatic rings. The number of benzene rings is 1. The summed E-state index contributed by atoms with van der Waals surface area (Å²) >= 11 is 1.58. The fourth-order valence-corrected chi connectivity index (χ4v) is 2.39. The minimum atomic E-state index is -1.44. The topological polar surface area (TPSA) is 53.4 Å². The molecule has 2 N–H and O–H groups in total. The lowest BCUT2D eigenvalue weighted by Gasteiger charge is -2.01. The first-order valence-corrected chi connectivity index (χ1v) is 5.14. The third-order valence-electron chi connectivity index (χ3n) is 2.16. The summed E-state index contributed by atoms with van der Waals surface area (Å²) in [6.07, 6.45) is 0. The second-order valence-corrected chi connectivity index (χ2v) is 4.46. The van der Waals surface area contributed by atoms with E-state index in [-0.39, 0.29) is 0 Å². The van der Waals surface area contributed by atoms with Gasteiger partial charge in [-0.3, -0.25) is 0 Å². The molecule has 0 saturated heterocycles. The van der Waals surface area contributed by atoms with Crippen LogP contribution in [0.3, 0.4) is 0 Å². The molecular weight excluding hydrogens is 197 g/mol. The van der Waals surface area contributed by atoms with Crippen LogP contribution in [0.2, 0.25) is 0 Å². The van der Waals surface area contributed by atoms with Gasteiger partial charge in [0.1, 0.15) is 0 Å². The van der Waals surface area contributed by atoms with Crippen molar-refractivity contribution in [3.8, 4) is 0 Å². The van der Waals surface area contributed by atoms with Gasteiger partial charge in [0.05, 0.1) is 15.2 Å². The molecule has 0 radical (unpaired) electrons. The van der Waals surface area contributed by atoms with Gasteiger partial charge in [-0.1, -0.05) is 12.1 Å². The van der Waals surface area contributed by atoms with Crippen LogP contribution in [0.25, 0.3) is 10.2 Å². The molecular formula is C9H10BNO2S. The van der Waals surface area contributed by atoms with E-state index in [9.17, 15) is 0 Å². The van der Waals surface area contributed by atoms with Crippen LogP contribution in [0.15, 0.2) is 12.1 Å². The predicted octanol–water partition coefficient (Wildman–Crippen LogP) is 0.593. The van der Waals surface area contributed by atoms with Crippen LogP contribution >= 0.6 is 11.3 Å². The molecule has 1 aromatic heterocycles. The van der Waals surface area contributed by atoms with E-state index in [2.05, 4.69) is 4.98 Å². The van der Waals surface area contributed by atoms with E-state index in [0.717, 1.165) is 15.3 Å². The smallest absolute Gasteiger partial charge is 0.423 e. The van der Waals surface area contributed by atoms with Gasteiger partial charge in [0.25, 0.3) is 0 Å². The molecule has 0 amide bonds. The first-order chi connectivity index (χ1) is 6.59. The van der Waals surface area contributed by atoms with Gasteiger partial charge in [-0.2, -0.15) is 0 Å². The summed E-state index contributed by atoms with van der Waals surface area (Å²) in [5.74, 6) is 0. The molecule has 0 unspecified atom stereocenters. The highest BCUT2D eigenvalue weighted by atomic mass is 32.1. The van der Waals surface area contributed by atoms with Gasteiger partial charge in [0.15, 0.2) is 0 Å². The molecule has 0 aliphatic carbocycles. The van der Waals surface area contributed by atoms with Crippen LogP contribution in [-0.2, 0) is 0 Å². The molecule has 0 aliphatic heterocycles. The van der Waals surface area contributed by atoms with E-state index in [0.29, 0.717) is 11.0 Å². The van der Waals surface area contributed by atoms with Crippen molar-refractivity contribution in [2.45, 2.75) is 13.8 Å². The molecule has 0 bridgehead atoms. The van der Waals surface area contributed by atoms with Crippen molar-refractivity contribution in [2.75, 3.05) is 0 Å². The second-order valence-electron chi connectivity index (χ2n) is 3.26. The third-order valence-corrected chi connectivity index (χ3v) is 3.26. The second kappa shape index (κ2) is 3.35. The number of aromatic nitrogens is 1. The summed E-state index contributed by atoms with van der Waals surface area (Å²) in [5.41, 5.74) is 2.31. The van der Waals surface area contributed by atoms with E-state index in [1.165, 1.54) is 0 Å². The molecule has 1 aromatic carbocycles. The zero-order valence-corrected chi connectivity index (χ0v) is 8.80. The van der Waals surface area contributed by atoms with Gasteiger partial charge < -0.3 is 10.0 Å². The quantitative estimate of drug-likeness (QED) is 0.673. The Balaban J connectivity index is 2.81. The zero-order valence-electron chi connectivity index (χ0n) is 7.98. The molecule has 0 fully saturated rings. The molecule has 2 rings (SSSR count). The Hall–Kier alpha value is -0.905. The maximum absolute atomic E-state index is 9.14. The highest BCUT2D eigenvalue weighted by Gasteiger charge is 2.17. The summed E-state index contributed by atoms with van der Waals surface area (Å²) < 4.78 is 1.04. The van der Waals surface area contributed by atoms with Gasteiger partial charge >= 0.3 is 7.12 Å². The zero-order chi connectivity index (χ0) is 10.3. The Bertz CT molecular complexity index is 481. The molecule has 72 valence electrons. The minimum Gasteiger partial charge on any atom is -0.423 e. The fraction of sp³-hybridized carbons (Fsp3) is 0.222. The SMILES string of the molecule is Cc1nc2c(B(O)O)ccc(C)c2s1. The molecule has 0 spiro atoms. The standard InChI is InChI=1S/C9H10BNO2S/c1-5-3-4-7(10(12)13)8-9(5)14-6(2)11-8/h3-4,12-13H,1-2H3. The van der Waals surface area contributed by atoms with Gasteiger partial charge in [0, 0.05) is 5.46 Å². The molecule has 0 saturated carbocycles. The molecule has 14 heavy (non-hydrogen) atoms. The maximum Gasteiger partial charge on any atom is 0.490 e. The number of thiazole rings is 1. The van der Waals surface area contributed by atoms with Crippen LogP contribution in [0, 0.1) is 13.8 Å². The summed E-state index contributed by atoms with van der Waals surface area (Å²) in [7, 11) is -1.44. The van der Waals surface area contributed by atoms with E-state index >= 15 is 0 Å². The minimum absolute atomic E-state index is 0.481. The molecule has 3 nitrogen and oxygen atoms in total. The lowest BCUT2D eigenvalue weighted by molar-refractivity contribution is 0.426. The van der Waals surface area contributed by atoms with Crippen molar-refractivity contribution in [1.29, 1.82) is 0 Å². The number of hydrogen-bond donors (Lipinski definition) is 2. The first-order valence-electron chi connectivity index (χ1n) is 4.32. The fourth-order valence-electron chi connectivity index (χ4n) is 1.47. The van der Waals surface area contributed by atoms with E-state index < -0.39 is 7.12 Å². The largest absolute Gasteiger partial charge is 0.490 e. The average Bonchev–Trinajstić information content (AvgIpc) is 2.47. The Kier molecular flexibility index (Phi) is 2.30. The monoisotopic (exact) mass is 207 g/mol. The number of hydrogen-bond acceptors (Lipinski definition) is 4. The van der Waals surface area contributed by atoms with Crippen LogP contribution in [-0.4, -0.2) is 22.2 Å². The Morgan fingerprint density at radius 1 is 1.29 bits per heavy atom. The van der Waals surface area contributed by atoms with Crippen LogP contribution < -0.4 is 5.46 Å². The normalized spacial score (nSPS) is 10.9. The Morgan fingerprint density at radius 3 is 2.64 bits per heavy atom. The summed E-state index contributed by atoms with van der Waals surface area (Å²) in [6.45, 7) is 3.91. The first kappa shape index (κ1) is 9.64. The Morgan fingerprint density at radius 2 is 2.00 bits per heavy atom. The number of rotatable bonds is 1. The van der Waals surface area contributed by atoms with Crippen molar-refractivity contribution in [3.63, 3.8) is 0 Å². The summed E-state index contributed by atoms with van der Waals surface area (Å²) in [5, 5.41) is 19.2. The average molecular weight is 207 g/mol. The van der Waals surface area contributed by atoms with Crippen molar-refractivity contribution >= 4 is 34.1 Å². The van der Waals surface area contributed by atoms with Gasteiger partial charge in [0.2, 0.25) is 0 Å². The van der Waals surface area contributed by atoms with Gasteiger partial charge in [-0.25, -0.2) is 4.98 Å². The predicted molar refractivity (Wildman–Crippen MR) is 58.9 cm³/mol. The highest BCUT2D eigenvalue weighted by molar-refractivity contribution is 7.18. The van der Waals surface area contributed by atoms with Crippen LogP contribution in [0.4, 0.5) is 0 Å². The van der Waals surface area contributed by atoms with E-state index in [1.807, 2.05) is 19.9 Å². The van der Waals surface area contributed by atoms with Crippen molar-refractivity contribution < 1.29 is 10.0 Å². The van der Waals surface area contributed by atoms with Crippen molar-refractivity contribution in [1.82, 2.24) is 4.98 Å². The van der Waals surface area contributed by atoms with Crippen molar-refractivity contribution in [3.05, 3.63) is 22.7 Å². The molecule has 0 atom stereocenters. The third kappa shape index (κ3) is 1.43. The summed E-state index contributed by atoms with van der Waals surface area (Å²) in [6, 6.07) is 3.59. The van der Waals surface area contributed by atoms with Gasteiger partial charge in [-0.05, 0) is 19.4 Å². The van der Waals surface area contributed by atoms with Crippen molar-refractivity contribution in [2.24, 2.45) is 0 Å². The highest BCUT2D eigenvalue weighted by Crippen LogP contribution is 2.23. The maximum atomic E-state index is 9.14.